The van der Waals surface area contributed by atoms with Crippen molar-refractivity contribution in [1.29, 1.82) is 0 Å². The molecule has 6 heteroatoms. The Balaban J connectivity index is 1.21. The van der Waals surface area contributed by atoms with Crippen LogP contribution in [0.25, 0.3) is 0 Å². The minimum Gasteiger partial charge on any atom is -0.443 e. The molecule has 3 aliphatic rings. The third-order valence-corrected chi connectivity index (χ3v) is 6.93. The van der Waals surface area contributed by atoms with Gasteiger partial charge in [0.15, 0.2) is 0 Å². The first kappa shape index (κ1) is 19.9. The number of anilines is 1. The quantitative estimate of drug-likeness (QED) is 0.762. The molecule has 0 spiro atoms. The fraction of sp³-hybridized carbons (Fsp3) is 0.440. The molecule has 1 aliphatic carbocycles. The Hall–Kier alpha value is -3.02. The molecule has 31 heavy (non-hydrogen) atoms. The number of nitrogens with zero attached hydrogens (tertiary/aromatic N) is 3. The van der Waals surface area contributed by atoms with Crippen LogP contribution in [0, 0.1) is 0 Å². The number of hydrogen-bond donors (Lipinski definition) is 0. The summed E-state index contributed by atoms with van der Waals surface area (Å²) in [5.74, 6) is 0.157. The standard InChI is InChI=1S/C25H29N3O3/c1-26(2)19-9-7-17(8-10-19)15-23(29)27-13-11-20(12-14-27)28-24-21-6-4-3-5-18(21)16-22(24)31-25(28)30/h3-10,20,22,24H,11-16H2,1-2H3. The molecule has 2 atom stereocenters. The van der Waals surface area contributed by atoms with E-state index in [4.69, 9.17) is 4.74 Å². The van der Waals surface area contributed by atoms with E-state index in [2.05, 4.69) is 12.1 Å². The number of likely N-dealkylation sites (tertiary alicyclic amines) is 1. The number of rotatable bonds is 4. The lowest BCUT2D eigenvalue weighted by atomic mass is 9.98. The maximum atomic E-state index is 12.8. The number of carbonyl (C=O) groups excluding carboxylic acids is 2. The molecule has 0 N–H and O–H groups in total. The van der Waals surface area contributed by atoms with E-state index in [1.807, 2.05) is 65.2 Å². The van der Waals surface area contributed by atoms with E-state index in [1.165, 1.54) is 11.1 Å². The molecule has 2 fully saturated rings. The first-order valence-corrected chi connectivity index (χ1v) is 11.1. The van der Waals surface area contributed by atoms with E-state index in [0.29, 0.717) is 19.5 Å². The second-order valence-electron chi connectivity index (χ2n) is 9.03. The van der Waals surface area contributed by atoms with Crippen molar-refractivity contribution >= 4 is 17.7 Å². The molecule has 5 rings (SSSR count). The van der Waals surface area contributed by atoms with Gasteiger partial charge in [-0.15, -0.1) is 0 Å². The van der Waals surface area contributed by atoms with Gasteiger partial charge in [-0.25, -0.2) is 4.79 Å². The molecule has 162 valence electrons. The van der Waals surface area contributed by atoms with Gasteiger partial charge in [-0.3, -0.25) is 9.69 Å². The Morgan fingerprint density at radius 3 is 2.48 bits per heavy atom. The Kier molecular flexibility index (Phi) is 5.08. The molecule has 2 amide bonds. The predicted molar refractivity (Wildman–Crippen MR) is 119 cm³/mol. The monoisotopic (exact) mass is 419 g/mol. The van der Waals surface area contributed by atoms with Crippen LogP contribution >= 0.6 is 0 Å². The van der Waals surface area contributed by atoms with Gasteiger partial charge >= 0.3 is 6.09 Å². The Morgan fingerprint density at radius 1 is 1.06 bits per heavy atom. The van der Waals surface area contributed by atoms with E-state index >= 15 is 0 Å². The second kappa shape index (κ2) is 7.91. The average molecular weight is 420 g/mol. The molecule has 0 aromatic heterocycles. The van der Waals surface area contributed by atoms with Crippen LogP contribution in [0.1, 0.15) is 35.6 Å². The largest absolute Gasteiger partial charge is 0.443 e. The Morgan fingerprint density at radius 2 is 1.77 bits per heavy atom. The summed E-state index contributed by atoms with van der Waals surface area (Å²) in [6.45, 7) is 1.37. The molecule has 2 heterocycles. The van der Waals surface area contributed by atoms with Gasteiger partial charge in [-0.1, -0.05) is 36.4 Å². The van der Waals surface area contributed by atoms with Gasteiger partial charge in [0.2, 0.25) is 5.91 Å². The van der Waals surface area contributed by atoms with Crippen molar-refractivity contribution in [3.8, 4) is 0 Å². The third-order valence-electron chi connectivity index (χ3n) is 6.93. The second-order valence-corrected chi connectivity index (χ2v) is 9.03. The van der Waals surface area contributed by atoms with Gasteiger partial charge in [0.05, 0.1) is 12.5 Å². The lowest BCUT2D eigenvalue weighted by Crippen LogP contribution is -2.48. The first-order valence-electron chi connectivity index (χ1n) is 11.1. The van der Waals surface area contributed by atoms with Crippen LogP contribution in [0.3, 0.4) is 0 Å². The Bertz CT molecular complexity index is 980. The van der Waals surface area contributed by atoms with E-state index in [0.717, 1.165) is 30.5 Å². The van der Waals surface area contributed by atoms with Gasteiger partial charge in [-0.05, 0) is 41.7 Å². The van der Waals surface area contributed by atoms with Crippen LogP contribution in [-0.2, 0) is 22.4 Å². The summed E-state index contributed by atoms with van der Waals surface area (Å²) in [6.07, 6.45) is 2.54. The number of fused-ring (bicyclic) bond motifs is 3. The smallest absolute Gasteiger partial charge is 0.411 e. The van der Waals surface area contributed by atoms with Gasteiger partial charge in [0.25, 0.3) is 0 Å². The summed E-state index contributed by atoms with van der Waals surface area (Å²) in [6, 6.07) is 16.6. The summed E-state index contributed by atoms with van der Waals surface area (Å²) in [5, 5.41) is 0. The van der Waals surface area contributed by atoms with E-state index in [9.17, 15) is 9.59 Å². The van der Waals surface area contributed by atoms with Crippen molar-refractivity contribution in [3.05, 3.63) is 65.2 Å². The highest BCUT2D eigenvalue weighted by Gasteiger charge is 2.50. The average Bonchev–Trinajstić information content (AvgIpc) is 3.28. The normalized spacial score (nSPS) is 22.8. The fourth-order valence-electron chi connectivity index (χ4n) is 5.24. The minimum absolute atomic E-state index is 0.0196. The van der Waals surface area contributed by atoms with E-state index < -0.39 is 0 Å². The number of amides is 2. The van der Waals surface area contributed by atoms with Crippen molar-refractivity contribution < 1.29 is 14.3 Å². The van der Waals surface area contributed by atoms with Crippen molar-refractivity contribution in [2.75, 3.05) is 32.1 Å². The maximum absolute atomic E-state index is 12.8. The minimum atomic E-state index is -0.199. The third kappa shape index (κ3) is 3.64. The number of piperidine rings is 1. The summed E-state index contributed by atoms with van der Waals surface area (Å²) < 4.78 is 5.72. The zero-order valence-electron chi connectivity index (χ0n) is 18.2. The highest BCUT2D eigenvalue weighted by Crippen LogP contribution is 2.44. The van der Waals surface area contributed by atoms with Gasteiger partial charge in [0, 0.05) is 45.3 Å². The van der Waals surface area contributed by atoms with Crippen LogP contribution in [0.4, 0.5) is 10.5 Å². The van der Waals surface area contributed by atoms with Crippen molar-refractivity contribution in [2.24, 2.45) is 0 Å². The first-order chi connectivity index (χ1) is 15.0. The molecule has 2 aliphatic heterocycles. The maximum Gasteiger partial charge on any atom is 0.411 e. The summed E-state index contributed by atoms with van der Waals surface area (Å²) in [7, 11) is 4.01. The topological polar surface area (TPSA) is 53.1 Å². The van der Waals surface area contributed by atoms with E-state index in [-0.39, 0.29) is 30.2 Å². The summed E-state index contributed by atoms with van der Waals surface area (Å²) >= 11 is 0. The van der Waals surface area contributed by atoms with Gasteiger partial charge in [0.1, 0.15) is 6.10 Å². The predicted octanol–water partition coefficient (Wildman–Crippen LogP) is 3.40. The molecule has 2 aromatic carbocycles. The van der Waals surface area contributed by atoms with Gasteiger partial charge < -0.3 is 14.5 Å². The van der Waals surface area contributed by atoms with Crippen LogP contribution < -0.4 is 4.90 Å². The van der Waals surface area contributed by atoms with Crippen LogP contribution in [0.2, 0.25) is 0 Å². The molecule has 6 nitrogen and oxygen atoms in total. The molecule has 2 unspecified atom stereocenters. The SMILES string of the molecule is CN(C)c1ccc(CC(=O)N2CCC(N3C(=O)OC4Cc5ccccc5C43)CC2)cc1. The van der Waals surface area contributed by atoms with Crippen LogP contribution in [-0.4, -0.2) is 61.1 Å². The van der Waals surface area contributed by atoms with Crippen molar-refractivity contribution in [3.63, 3.8) is 0 Å². The van der Waals surface area contributed by atoms with Gasteiger partial charge in [-0.2, -0.15) is 0 Å². The van der Waals surface area contributed by atoms with Crippen molar-refractivity contribution in [2.45, 2.75) is 43.9 Å². The van der Waals surface area contributed by atoms with Crippen LogP contribution in [0.15, 0.2) is 48.5 Å². The molecule has 2 saturated heterocycles. The number of ether oxygens (including phenoxy) is 1. The zero-order valence-corrected chi connectivity index (χ0v) is 18.2. The summed E-state index contributed by atoms with van der Waals surface area (Å²) in [4.78, 5) is 31.4. The highest BCUT2D eigenvalue weighted by atomic mass is 16.6. The molecular weight excluding hydrogens is 390 g/mol. The van der Waals surface area contributed by atoms with Crippen LogP contribution in [0.5, 0.6) is 0 Å². The molecule has 0 saturated carbocycles. The fourth-order valence-corrected chi connectivity index (χ4v) is 5.24. The highest BCUT2D eigenvalue weighted by molar-refractivity contribution is 5.79. The Labute approximate surface area is 183 Å². The molecule has 0 bridgehead atoms. The zero-order chi connectivity index (χ0) is 21.5. The number of benzene rings is 2. The lowest BCUT2D eigenvalue weighted by molar-refractivity contribution is -0.131. The summed E-state index contributed by atoms with van der Waals surface area (Å²) in [5.41, 5.74) is 4.66. The number of hydrogen-bond acceptors (Lipinski definition) is 4. The molecule has 0 radical (unpaired) electrons. The molecule has 2 aromatic rings. The lowest BCUT2D eigenvalue weighted by Gasteiger charge is -2.38. The van der Waals surface area contributed by atoms with Crippen molar-refractivity contribution in [1.82, 2.24) is 9.80 Å². The number of carbonyl (C=O) groups is 2. The molecular formula is C25H29N3O3. The van der Waals surface area contributed by atoms with E-state index in [1.54, 1.807) is 0 Å².